The first-order chi connectivity index (χ1) is 17.6. The fraction of sp³-hybridized carbons (Fsp3) is 0.444. The van der Waals surface area contributed by atoms with Crippen LogP contribution in [0.1, 0.15) is 47.4 Å². The number of carbonyl (C=O) groups excluding carboxylic acids is 3. The summed E-state index contributed by atoms with van der Waals surface area (Å²) < 4.78 is 11.5. The summed E-state index contributed by atoms with van der Waals surface area (Å²) in [6.07, 6.45) is 0.730. The molecule has 1 spiro atoms. The summed E-state index contributed by atoms with van der Waals surface area (Å²) >= 11 is 12.1. The molecule has 8 nitrogen and oxygen atoms in total. The third-order valence-electron chi connectivity index (χ3n) is 6.78. The van der Waals surface area contributed by atoms with Crippen LogP contribution in [0.4, 0.5) is 0 Å². The Hall–Kier alpha value is -2.81. The fourth-order valence-corrected chi connectivity index (χ4v) is 5.05. The predicted octanol–water partition coefficient (Wildman–Crippen LogP) is 4.25. The summed E-state index contributed by atoms with van der Waals surface area (Å²) in [4.78, 5) is 43.4. The monoisotopic (exact) mass is 547 g/mol. The largest absolute Gasteiger partial charge is 0.497 e. The molecule has 37 heavy (non-hydrogen) atoms. The van der Waals surface area contributed by atoms with Crippen molar-refractivity contribution in [2.75, 3.05) is 33.4 Å². The van der Waals surface area contributed by atoms with Crippen LogP contribution in [-0.2, 0) is 9.53 Å². The number of ether oxygens (including phenoxy) is 2. The highest BCUT2D eigenvalue weighted by molar-refractivity contribution is 6.42. The van der Waals surface area contributed by atoms with Crippen LogP contribution in [0.5, 0.6) is 5.75 Å². The quantitative estimate of drug-likeness (QED) is 0.584. The normalized spacial score (nSPS) is 18.8. The van der Waals surface area contributed by atoms with Gasteiger partial charge in [0, 0.05) is 43.6 Å². The molecule has 3 amide bonds. The van der Waals surface area contributed by atoms with Crippen LogP contribution in [0, 0.1) is 5.92 Å². The highest BCUT2D eigenvalue weighted by Gasteiger charge is 2.54. The van der Waals surface area contributed by atoms with Crippen molar-refractivity contribution < 1.29 is 23.9 Å². The molecule has 10 heteroatoms. The number of methoxy groups -OCH3 is 1. The molecule has 1 atom stereocenters. The lowest BCUT2D eigenvalue weighted by atomic mass is 9.96. The summed E-state index contributed by atoms with van der Waals surface area (Å²) in [6, 6.07) is 10.8. The first-order valence-corrected chi connectivity index (χ1v) is 13.0. The van der Waals surface area contributed by atoms with Gasteiger partial charge in [-0.05, 0) is 42.3 Å². The number of hydrogen-bond donors (Lipinski definition) is 1. The van der Waals surface area contributed by atoms with Crippen LogP contribution >= 0.6 is 23.2 Å². The van der Waals surface area contributed by atoms with Crippen molar-refractivity contribution in [2.45, 2.75) is 38.5 Å². The van der Waals surface area contributed by atoms with Gasteiger partial charge >= 0.3 is 0 Å². The van der Waals surface area contributed by atoms with Crippen LogP contribution < -0.4 is 10.1 Å². The molecule has 2 saturated heterocycles. The molecular weight excluding hydrogens is 517 g/mol. The van der Waals surface area contributed by atoms with Gasteiger partial charge in [-0.3, -0.25) is 19.3 Å². The average Bonchev–Trinajstić information content (AvgIpc) is 3.26. The second-order valence-electron chi connectivity index (χ2n) is 9.74. The third-order valence-corrected chi connectivity index (χ3v) is 7.52. The van der Waals surface area contributed by atoms with E-state index in [2.05, 4.69) is 5.32 Å². The van der Waals surface area contributed by atoms with E-state index in [-0.39, 0.29) is 30.2 Å². The summed E-state index contributed by atoms with van der Waals surface area (Å²) in [6.45, 7) is 5.29. The van der Waals surface area contributed by atoms with Gasteiger partial charge in [0.25, 0.3) is 11.8 Å². The second-order valence-corrected chi connectivity index (χ2v) is 10.6. The zero-order valence-electron chi connectivity index (χ0n) is 21.1. The Balaban J connectivity index is 1.58. The van der Waals surface area contributed by atoms with Gasteiger partial charge in [0.1, 0.15) is 17.5 Å². The van der Waals surface area contributed by atoms with Gasteiger partial charge in [-0.2, -0.15) is 0 Å². The molecule has 0 bridgehead atoms. The number of benzene rings is 2. The van der Waals surface area contributed by atoms with E-state index in [1.165, 1.54) is 7.11 Å². The van der Waals surface area contributed by atoms with Crippen LogP contribution in [-0.4, -0.2) is 72.6 Å². The molecular formula is C27H31Cl2N3O5. The minimum absolute atomic E-state index is 0.0837. The Kier molecular flexibility index (Phi) is 8.31. The number of carbonyl (C=O) groups is 3. The lowest BCUT2D eigenvalue weighted by molar-refractivity contribution is -0.128. The van der Waals surface area contributed by atoms with Gasteiger partial charge in [0.15, 0.2) is 0 Å². The van der Waals surface area contributed by atoms with Gasteiger partial charge in [-0.15, -0.1) is 0 Å². The van der Waals surface area contributed by atoms with Gasteiger partial charge < -0.3 is 19.7 Å². The zero-order valence-corrected chi connectivity index (χ0v) is 22.6. The SMILES string of the molecule is COc1cccc(C(=O)N2C(C(=O)NCC(C)C)COC23CCN(C(=O)c2ccc(Cl)c(Cl)c2)CC3)c1. The molecule has 2 heterocycles. The molecule has 0 aromatic heterocycles. The molecule has 0 radical (unpaired) electrons. The first kappa shape index (κ1) is 27.2. The number of likely N-dealkylation sites (tertiary alicyclic amines) is 1. The van der Waals surface area contributed by atoms with Crippen molar-refractivity contribution in [3.8, 4) is 5.75 Å². The molecule has 2 aromatic carbocycles. The molecule has 2 aromatic rings. The van der Waals surface area contributed by atoms with E-state index in [1.807, 2.05) is 13.8 Å². The smallest absolute Gasteiger partial charge is 0.257 e. The van der Waals surface area contributed by atoms with E-state index in [9.17, 15) is 14.4 Å². The zero-order chi connectivity index (χ0) is 26.7. The van der Waals surface area contributed by atoms with Gasteiger partial charge in [-0.25, -0.2) is 0 Å². The minimum Gasteiger partial charge on any atom is -0.497 e. The Bertz CT molecular complexity index is 1180. The molecule has 2 aliphatic rings. The van der Waals surface area contributed by atoms with Crippen molar-refractivity contribution in [3.63, 3.8) is 0 Å². The maximum atomic E-state index is 13.9. The topological polar surface area (TPSA) is 88.2 Å². The number of nitrogens with zero attached hydrogens (tertiary/aromatic N) is 2. The van der Waals surface area contributed by atoms with Crippen molar-refractivity contribution in [1.29, 1.82) is 0 Å². The lowest BCUT2D eigenvalue weighted by Crippen LogP contribution is -2.60. The molecule has 1 unspecified atom stereocenters. The molecule has 0 saturated carbocycles. The Morgan fingerprint density at radius 2 is 1.76 bits per heavy atom. The number of hydrogen-bond acceptors (Lipinski definition) is 5. The standard InChI is InChI=1S/C27H31Cl2N3O5/c1-17(2)15-30-24(33)23-16-37-27(32(23)26(35)18-5-4-6-20(13-18)36-3)9-11-31(12-10-27)25(34)19-7-8-21(28)22(29)14-19/h4-8,13-14,17,23H,9-12,15-16H2,1-3H3,(H,30,33). The van der Waals surface area contributed by atoms with E-state index in [1.54, 1.807) is 52.3 Å². The predicted molar refractivity (Wildman–Crippen MR) is 141 cm³/mol. The van der Waals surface area contributed by atoms with Crippen LogP contribution in [0.15, 0.2) is 42.5 Å². The lowest BCUT2D eigenvalue weighted by Gasteiger charge is -2.44. The number of rotatable bonds is 6. The Labute approximate surface area is 226 Å². The molecule has 1 N–H and O–H groups in total. The second kappa shape index (κ2) is 11.3. The maximum absolute atomic E-state index is 13.9. The summed E-state index contributed by atoms with van der Waals surface area (Å²) in [5, 5.41) is 3.63. The van der Waals surface area contributed by atoms with Crippen molar-refractivity contribution in [3.05, 3.63) is 63.6 Å². The molecule has 2 fully saturated rings. The van der Waals surface area contributed by atoms with E-state index in [4.69, 9.17) is 32.7 Å². The molecule has 0 aliphatic carbocycles. The van der Waals surface area contributed by atoms with Gasteiger partial charge in [-0.1, -0.05) is 43.1 Å². The van der Waals surface area contributed by atoms with Crippen LogP contribution in [0.2, 0.25) is 10.0 Å². The van der Waals surface area contributed by atoms with Crippen molar-refractivity contribution in [2.24, 2.45) is 5.92 Å². The maximum Gasteiger partial charge on any atom is 0.257 e. The van der Waals surface area contributed by atoms with Gasteiger partial charge in [0.05, 0.1) is 23.8 Å². The number of halogens is 2. The Morgan fingerprint density at radius 1 is 1.05 bits per heavy atom. The fourth-order valence-electron chi connectivity index (χ4n) is 4.76. The number of piperidine rings is 1. The highest BCUT2D eigenvalue weighted by atomic mass is 35.5. The van der Waals surface area contributed by atoms with Crippen LogP contribution in [0.3, 0.4) is 0 Å². The van der Waals surface area contributed by atoms with Crippen molar-refractivity contribution in [1.82, 2.24) is 15.1 Å². The van der Waals surface area contributed by atoms with E-state index >= 15 is 0 Å². The molecule has 198 valence electrons. The van der Waals surface area contributed by atoms with Gasteiger partial charge in [0.2, 0.25) is 5.91 Å². The number of amides is 3. The van der Waals surface area contributed by atoms with E-state index in [0.717, 1.165) is 0 Å². The third kappa shape index (κ3) is 5.71. The highest BCUT2D eigenvalue weighted by Crippen LogP contribution is 2.39. The number of nitrogens with one attached hydrogen (secondary N) is 1. The summed E-state index contributed by atoms with van der Waals surface area (Å²) in [5.74, 6) is 0.0612. The summed E-state index contributed by atoms with van der Waals surface area (Å²) in [5.41, 5.74) is -0.165. The summed E-state index contributed by atoms with van der Waals surface area (Å²) in [7, 11) is 1.53. The minimum atomic E-state index is -1.01. The van der Waals surface area contributed by atoms with Crippen LogP contribution in [0.25, 0.3) is 0 Å². The van der Waals surface area contributed by atoms with E-state index < -0.39 is 11.8 Å². The van der Waals surface area contributed by atoms with Crippen molar-refractivity contribution >= 4 is 40.9 Å². The first-order valence-electron chi connectivity index (χ1n) is 12.3. The Morgan fingerprint density at radius 3 is 2.41 bits per heavy atom. The van der Waals surface area contributed by atoms with E-state index in [0.29, 0.717) is 59.4 Å². The molecule has 4 rings (SSSR count). The molecule has 2 aliphatic heterocycles. The average molecular weight is 548 g/mol.